The molecule has 0 atom stereocenters. The van der Waals surface area contributed by atoms with Crippen LogP contribution in [-0.4, -0.2) is 30.3 Å². The second-order valence-electron chi connectivity index (χ2n) is 6.03. The molecule has 0 bridgehead atoms. The van der Waals surface area contributed by atoms with Crippen molar-refractivity contribution in [1.82, 2.24) is 4.90 Å². The third kappa shape index (κ3) is 3.67. The molecule has 1 saturated heterocycles. The number of benzene rings is 1. The van der Waals surface area contributed by atoms with E-state index in [-0.39, 0.29) is 17.9 Å². The summed E-state index contributed by atoms with van der Waals surface area (Å²) in [7, 11) is 0. The molecular weight excluding hydrogens is 272 g/mol. The molecule has 0 unspecified atom stereocenters. The Morgan fingerprint density at radius 2 is 1.81 bits per heavy atom. The van der Waals surface area contributed by atoms with E-state index in [0.29, 0.717) is 5.41 Å². The zero-order chi connectivity index (χ0) is 15.5. The van der Waals surface area contributed by atoms with E-state index in [2.05, 4.69) is 18.7 Å². The normalized spacial score (nSPS) is 18.7. The van der Waals surface area contributed by atoms with Crippen molar-refractivity contribution in [2.45, 2.75) is 39.5 Å². The van der Waals surface area contributed by atoms with Crippen molar-refractivity contribution >= 4 is 5.78 Å². The summed E-state index contributed by atoms with van der Waals surface area (Å²) in [6, 6.07) is 3.03. The molecule has 0 aromatic heterocycles. The van der Waals surface area contributed by atoms with Crippen LogP contribution in [0.4, 0.5) is 8.78 Å². The average molecular weight is 295 g/mol. The van der Waals surface area contributed by atoms with Crippen LogP contribution in [-0.2, 0) is 0 Å². The molecule has 116 valence electrons. The number of halogens is 2. The number of hydrogen-bond donors (Lipinski definition) is 0. The molecule has 2 rings (SSSR count). The number of ketones is 1. The zero-order valence-corrected chi connectivity index (χ0v) is 12.8. The predicted octanol–water partition coefficient (Wildman–Crippen LogP) is 4.05. The Hall–Kier alpha value is -1.29. The van der Waals surface area contributed by atoms with Gasteiger partial charge in [0.05, 0.1) is 12.1 Å². The molecule has 0 aliphatic carbocycles. The molecule has 1 heterocycles. The van der Waals surface area contributed by atoms with Gasteiger partial charge >= 0.3 is 0 Å². The molecule has 1 aromatic carbocycles. The molecule has 0 saturated carbocycles. The molecule has 1 aliphatic heterocycles. The lowest BCUT2D eigenvalue weighted by molar-refractivity contribution is 0.0753. The number of carbonyl (C=O) groups is 1. The fraction of sp³-hybridized carbons (Fsp3) is 0.588. The smallest absolute Gasteiger partial charge is 0.179 e. The lowest BCUT2D eigenvalue weighted by Gasteiger charge is -2.40. The minimum absolute atomic E-state index is 0.141. The summed E-state index contributed by atoms with van der Waals surface area (Å²) < 4.78 is 26.7. The van der Waals surface area contributed by atoms with E-state index in [1.54, 1.807) is 0 Å². The molecule has 0 N–H and O–H groups in total. The van der Waals surface area contributed by atoms with E-state index < -0.39 is 11.6 Å². The molecule has 1 fully saturated rings. The van der Waals surface area contributed by atoms with Crippen LogP contribution >= 0.6 is 0 Å². The summed E-state index contributed by atoms with van der Waals surface area (Å²) in [5.74, 6) is -1.56. The van der Waals surface area contributed by atoms with Gasteiger partial charge in [-0.25, -0.2) is 8.78 Å². The van der Waals surface area contributed by atoms with E-state index in [0.717, 1.165) is 57.0 Å². The van der Waals surface area contributed by atoms with Crippen molar-refractivity contribution in [1.29, 1.82) is 0 Å². The Kier molecular flexibility index (Phi) is 5.09. The van der Waals surface area contributed by atoms with Crippen LogP contribution in [0.5, 0.6) is 0 Å². The summed E-state index contributed by atoms with van der Waals surface area (Å²) in [5.41, 5.74) is 0.252. The highest BCUT2D eigenvalue weighted by atomic mass is 19.1. The van der Waals surface area contributed by atoms with E-state index in [1.165, 1.54) is 0 Å². The number of likely N-dealkylation sites (tertiary alicyclic amines) is 1. The molecule has 0 radical (unpaired) electrons. The maximum Gasteiger partial charge on any atom is 0.179 e. The van der Waals surface area contributed by atoms with Gasteiger partial charge in [0, 0.05) is 0 Å². The first-order valence-corrected chi connectivity index (χ1v) is 7.70. The van der Waals surface area contributed by atoms with Crippen molar-refractivity contribution < 1.29 is 13.6 Å². The van der Waals surface area contributed by atoms with E-state index in [4.69, 9.17) is 0 Å². The van der Waals surface area contributed by atoms with E-state index in [1.807, 2.05) is 0 Å². The Bertz CT molecular complexity index is 502. The van der Waals surface area contributed by atoms with Gasteiger partial charge in [0.25, 0.3) is 0 Å². The minimum atomic E-state index is -0.644. The van der Waals surface area contributed by atoms with Gasteiger partial charge < -0.3 is 0 Å². The van der Waals surface area contributed by atoms with Gasteiger partial charge in [0.2, 0.25) is 0 Å². The van der Waals surface area contributed by atoms with Gasteiger partial charge in [-0.1, -0.05) is 26.7 Å². The van der Waals surface area contributed by atoms with Gasteiger partial charge in [-0.15, -0.1) is 0 Å². The number of piperidine rings is 1. The summed E-state index contributed by atoms with van der Waals surface area (Å²) >= 11 is 0. The van der Waals surface area contributed by atoms with Crippen LogP contribution < -0.4 is 0 Å². The maximum absolute atomic E-state index is 13.6. The highest BCUT2D eigenvalue weighted by Crippen LogP contribution is 2.37. The number of carbonyl (C=O) groups excluding carboxylic acids is 1. The van der Waals surface area contributed by atoms with Crippen LogP contribution in [0.1, 0.15) is 49.9 Å². The molecule has 0 amide bonds. The third-order valence-electron chi connectivity index (χ3n) is 5.01. The minimum Gasteiger partial charge on any atom is -0.296 e. The quantitative estimate of drug-likeness (QED) is 0.764. The Morgan fingerprint density at radius 3 is 2.38 bits per heavy atom. The summed E-state index contributed by atoms with van der Waals surface area (Å²) in [6.07, 6.45) is 4.45. The monoisotopic (exact) mass is 295 g/mol. The lowest BCUT2D eigenvalue weighted by Crippen LogP contribution is -2.42. The van der Waals surface area contributed by atoms with E-state index in [9.17, 15) is 13.6 Å². The van der Waals surface area contributed by atoms with Crippen LogP contribution in [0.25, 0.3) is 0 Å². The number of Topliss-reactive ketones (excluding diaryl/α,β-unsaturated/α-hetero) is 1. The van der Waals surface area contributed by atoms with Crippen molar-refractivity contribution in [3.63, 3.8) is 0 Å². The fourth-order valence-corrected chi connectivity index (χ4v) is 3.14. The SMILES string of the molecule is CCC1(CC)CCN(CC(=O)c2cc(F)ccc2F)CC1. The number of rotatable bonds is 5. The molecule has 1 aliphatic rings. The molecule has 21 heavy (non-hydrogen) atoms. The second-order valence-corrected chi connectivity index (χ2v) is 6.03. The van der Waals surface area contributed by atoms with Crippen LogP contribution in [0.2, 0.25) is 0 Å². The number of hydrogen-bond acceptors (Lipinski definition) is 2. The zero-order valence-electron chi connectivity index (χ0n) is 12.8. The molecular formula is C17H23F2NO. The van der Waals surface area contributed by atoms with Gasteiger partial charge in [0.15, 0.2) is 5.78 Å². The fourth-order valence-electron chi connectivity index (χ4n) is 3.14. The topological polar surface area (TPSA) is 20.3 Å². The highest BCUT2D eigenvalue weighted by Gasteiger charge is 2.31. The Labute approximate surface area is 125 Å². The molecule has 1 aromatic rings. The third-order valence-corrected chi connectivity index (χ3v) is 5.01. The highest BCUT2D eigenvalue weighted by molar-refractivity contribution is 5.97. The van der Waals surface area contributed by atoms with Crippen LogP contribution in [0, 0.1) is 17.0 Å². The lowest BCUT2D eigenvalue weighted by atomic mass is 9.74. The Morgan fingerprint density at radius 1 is 1.19 bits per heavy atom. The van der Waals surface area contributed by atoms with Gasteiger partial charge in [-0.2, -0.15) is 0 Å². The van der Waals surface area contributed by atoms with Crippen LogP contribution in [0.3, 0.4) is 0 Å². The maximum atomic E-state index is 13.6. The van der Waals surface area contributed by atoms with Crippen LogP contribution in [0.15, 0.2) is 18.2 Å². The summed E-state index contributed by atoms with van der Waals surface area (Å²) in [6.45, 7) is 6.30. The summed E-state index contributed by atoms with van der Waals surface area (Å²) in [4.78, 5) is 14.2. The average Bonchev–Trinajstić information content (AvgIpc) is 2.50. The predicted molar refractivity (Wildman–Crippen MR) is 79.4 cm³/mol. The number of nitrogens with zero attached hydrogens (tertiary/aromatic N) is 1. The molecule has 4 heteroatoms. The Balaban J connectivity index is 1.97. The van der Waals surface area contributed by atoms with Gasteiger partial charge in [-0.05, 0) is 49.5 Å². The molecule has 0 spiro atoms. The molecule has 2 nitrogen and oxygen atoms in total. The van der Waals surface area contributed by atoms with Crippen molar-refractivity contribution in [2.75, 3.05) is 19.6 Å². The standard InChI is InChI=1S/C17H23F2NO/c1-3-17(4-2)7-9-20(10-8-17)12-16(21)14-11-13(18)5-6-15(14)19/h5-6,11H,3-4,7-10,12H2,1-2H3. The van der Waals surface area contributed by atoms with Crippen molar-refractivity contribution in [3.8, 4) is 0 Å². The van der Waals surface area contributed by atoms with E-state index >= 15 is 0 Å². The first-order chi connectivity index (χ1) is 9.99. The first kappa shape index (κ1) is 16.1. The van der Waals surface area contributed by atoms with Crippen molar-refractivity contribution in [2.24, 2.45) is 5.41 Å². The van der Waals surface area contributed by atoms with Gasteiger partial charge in [0.1, 0.15) is 11.6 Å². The summed E-state index contributed by atoms with van der Waals surface area (Å²) in [5, 5.41) is 0. The second kappa shape index (κ2) is 6.65. The van der Waals surface area contributed by atoms with Gasteiger partial charge in [-0.3, -0.25) is 9.69 Å². The van der Waals surface area contributed by atoms with Crippen molar-refractivity contribution in [3.05, 3.63) is 35.4 Å². The first-order valence-electron chi connectivity index (χ1n) is 7.70. The largest absolute Gasteiger partial charge is 0.296 e.